The molecule has 0 fully saturated rings. The zero-order chi connectivity index (χ0) is 6.57. The normalized spacial score (nSPS) is 13.4. The van der Waals surface area contributed by atoms with Crippen molar-refractivity contribution in [2.24, 2.45) is 0 Å². The van der Waals surface area contributed by atoms with Gasteiger partial charge in [-0.1, -0.05) is 6.92 Å². The van der Waals surface area contributed by atoms with E-state index in [2.05, 4.69) is 5.32 Å². The quantitative estimate of drug-likeness (QED) is 0.582. The zero-order valence-corrected chi connectivity index (χ0v) is 5.69. The van der Waals surface area contributed by atoms with Gasteiger partial charge in [-0.05, 0) is 14.0 Å². The van der Waals surface area contributed by atoms with Crippen molar-refractivity contribution < 1.29 is 4.79 Å². The van der Waals surface area contributed by atoms with E-state index in [0.717, 1.165) is 0 Å². The molecule has 48 valence electrons. The maximum Gasteiger partial charge on any atom is 0.149 e. The Hall–Kier alpha value is -0.370. The van der Waals surface area contributed by atoms with E-state index in [-0.39, 0.29) is 11.8 Å². The summed E-state index contributed by atoms with van der Waals surface area (Å²) in [6.07, 6.45) is 0.627. The number of ketones is 1. The number of nitrogens with one attached hydrogen (secondary N) is 1. The topological polar surface area (TPSA) is 29.1 Å². The van der Waals surface area contributed by atoms with Crippen molar-refractivity contribution in [3.8, 4) is 0 Å². The molecule has 0 amide bonds. The average Bonchev–Trinajstić information content (AvgIpc) is 1.84. The number of rotatable bonds is 3. The highest BCUT2D eigenvalue weighted by atomic mass is 16.1. The number of likely N-dealkylation sites (N-methyl/N-ethyl adjacent to an activating group) is 1. The van der Waals surface area contributed by atoms with Gasteiger partial charge in [0.15, 0.2) is 0 Å². The maximum absolute atomic E-state index is 10.7. The van der Waals surface area contributed by atoms with Crippen molar-refractivity contribution in [1.29, 1.82) is 0 Å². The van der Waals surface area contributed by atoms with Crippen LogP contribution in [0.5, 0.6) is 0 Å². The van der Waals surface area contributed by atoms with E-state index in [1.54, 1.807) is 7.05 Å². The van der Waals surface area contributed by atoms with Crippen LogP contribution in [0.2, 0.25) is 0 Å². The molecular formula is C6H13NO. The Morgan fingerprint density at radius 1 is 1.75 bits per heavy atom. The molecular weight excluding hydrogens is 102 g/mol. The Labute approximate surface area is 50.3 Å². The molecule has 0 aliphatic carbocycles. The Morgan fingerprint density at radius 2 is 2.25 bits per heavy atom. The summed E-state index contributed by atoms with van der Waals surface area (Å²) in [7, 11) is 1.79. The van der Waals surface area contributed by atoms with Gasteiger partial charge in [-0.2, -0.15) is 0 Å². The van der Waals surface area contributed by atoms with E-state index < -0.39 is 0 Å². The van der Waals surface area contributed by atoms with Gasteiger partial charge in [-0.25, -0.2) is 0 Å². The number of Topliss-reactive ketones (excluding diaryl/α,β-unsaturated/α-hetero) is 1. The minimum atomic E-state index is 0.0278. The summed E-state index contributed by atoms with van der Waals surface area (Å²) in [5.74, 6) is 0.271. The van der Waals surface area contributed by atoms with Crippen molar-refractivity contribution in [2.45, 2.75) is 26.3 Å². The summed E-state index contributed by atoms with van der Waals surface area (Å²) in [6, 6.07) is 0.0278. The molecule has 1 N–H and O–H groups in total. The summed E-state index contributed by atoms with van der Waals surface area (Å²) in [4.78, 5) is 10.7. The first-order chi connectivity index (χ1) is 3.72. The minimum absolute atomic E-state index is 0.0278. The second kappa shape index (κ2) is 3.61. The molecule has 0 saturated heterocycles. The lowest BCUT2D eigenvalue weighted by molar-refractivity contribution is -0.120. The summed E-state index contributed by atoms with van der Waals surface area (Å²) in [5.41, 5.74) is 0. The molecule has 0 aromatic rings. The predicted molar refractivity (Wildman–Crippen MR) is 33.8 cm³/mol. The molecule has 0 heterocycles. The fourth-order valence-corrected chi connectivity index (χ4v) is 0.467. The Kier molecular flexibility index (Phi) is 3.44. The molecule has 0 aliphatic rings. The highest BCUT2D eigenvalue weighted by molar-refractivity contribution is 5.83. The minimum Gasteiger partial charge on any atom is -0.311 e. The second-order valence-corrected chi connectivity index (χ2v) is 1.83. The van der Waals surface area contributed by atoms with Gasteiger partial charge < -0.3 is 5.32 Å². The van der Waals surface area contributed by atoms with Crippen LogP contribution in [-0.4, -0.2) is 18.9 Å². The van der Waals surface area contributed by atoms with Crippen LogP contribution in [0.3, 0.4) is 0 Å². The second-order valence-electron chi connectivity index (χ2n) is 1.83. The predicted octanol–water partition coefficient (Wildman–Crippen LogP) is 0.573. The molecule has 2 heteroatoms. The van der Waals surface area contributed by atoms with E-state index >= 15 is 0 Å². The van der Waals surface area contributed by atoms with E-state index in [4.69, 9.17) is 0 Å². The summed E-state index contributed by atoms with van der Waals surface area (Å²) >= 11 is 0. The Morgan fingerprint density at radius 3 is 2.38 bits per heavy atom. The molecule has 0 aromatic carbocycles. The fraction of sp³-hybridized carbons (Fsp3) is 0.833. The van der Waals surface area contributed by atoms with Crippen LogP contribution < -0.4 is 5.32 Å². The lowest BCUT2D eigenvalue weighted by Gasteiger charge is -2.04. The van der Waals surface area contributed by atoms with Gasteiger partial charge in [-0.3, -0.25) is 4.79 Å². The maximum atomic E-state index is 10.7. The molecule has 0 rings (SSSR count). The van der Waals surface area contributed by atoms with Crippen LogP contribution in [-0.2, 0) is 4.79 Å². The van der Waals surface area contributed by atoms with Crippen LogP contribution in [0.1, 0.15) is 20.3 Å². The van der Waals surface area contributed by atoms with Gasteiger partial charge in [0.2, 0.25) is 0 Å². The van der Waals surface area contributed by atoms with Crippen LogP contribution in [0.4, 0.5) is 0 Å². The standard InChI is InChI=1S/C6H13NO/c1-4-6(8)5(2)7-3/h5,7H,4H2,1-3H3. The third-order valence-corrected chi connectivity index (χ3v) is 1.26. The van der Waals surface area contributed by atoms with Gasteiger partial charge >= 0.3 is 0 Å². The highest BCUT2D eigenvalue weighted by Gasteiger charge is 2.04. The van der Waals surface area contributed by atoms with E-state index in [9.17, 15) is 4.79 Å². The van der Waals surface area contributed by atoms with Crippen molar-refractivity contribution in [3.63, 3.8) is 0 Å². The Balaban J connectivity index is 3.46. The van der Waals surface area contributed by atoms with Crippen LogP contribution in [0.25, 0.3) is 0 Å². The van der Waals surface area contributed by atoms with Crippen LogP contribution >= 0.6 is 0 Å². The Bertz CT molecular complexity index is 80.6. The van der Waals surface area contributed by atoms with Crippen molar-refractivity contribution >= 4 is 5.78 Å². The summed E-state index contributed by atoms with van der Waals surface area (Å²) in [5, 5.41) is 2.87. The van der Waals surface area contributed by atoms with Crippen LogP contribution in [0.15, 0.2) is 0 Å². The molecule has 0 bridgehead atoms. The van der Waals surface area contributed by atoms with Gasteiger partial charge in [-0.15, -0.1) is 0 Å². The highest BCUT2D eigenvalue weighted by Crippen LogP contribution is 1.86. The fourth-order valence-electron chi connectivity index (χ4n) is 0.467. The van der Waals surface area contributed by atoms with Gasteiger partial charge in [0, 0.05) is 6.42 Å². The molecule has 0 aromatic heterocycles. The molecule has 1 atom stereocenters. The number of carbonyl (C=O) groups is 1. The molecule has 0 saturated carbocycles. The van der Waals surface area contributed by atoms with Gasteiger partial charge in [0.25, 0.3) is 0 Å². The van der Waals surface area contributed by atoms with E-state index in [0.29, 0.717) is 6.42 Å². The van der Waals surface area contributed by atoms with E-state index in [1.165, 1.54) is 0 Å². The molecule has 0 aliphatic heterocycles. The third kappa shape index (κ3) is 2.07. The largest absolute Gasteiger partial charge is 0.311 e. The van der Waals surface area contributed by atoms with E-state index in [1.807, 2.05) is 13.8 Å². The third-order valence-electron chi connectivity index (χ3n) is 1.26. The summed E-state index contributed by atoms with van der Waals surface area (Å²) < 4.78 is 0. The van der Waals surface area contributed by atoms with Gasteiger partial charge in [0.05, 0.1) is 6.04 Å². The average molecular weight is 115 g/mol. The van der Waals surface area contributed by atoms with Crippen molar-refractivity contribution in [1.82, 2.24) is 5.32 Å². The van der Waals surface area contributed by atoms with Crippen LogP contribution in [0, 0.1) is 0 Å². The summed E-state index contributed by atoms with van der Waals surface area (Å²) in [6.45, 7) is 3.74. The lowest BCUT2D eigenvalue weighted by Crippen LogP contribution is -2.29. The van der Waals surface area contributed by atoms with Crippen molar-refractivity contribution in [2.75, 3.05) is 7.05 Å². The SMILES string of the molecule is CCC(=O)C(C)NC. The first-order valence-electron chi connectivity index (χ1n) is 2.92. The van der Waals surface area contributed by atoms with Crippen molar-refractivity contribution in [3.05, 3.63) is 0 Å². The molecule has 2 nitrogen and oxygen atoms in total. The number of hydrogen-bond acceptors (Lipinski definition) is 2. The first-order valence-corrected chi connectivity index (χ1v) is 2.92. The van der Waals surface area contributed by atoms with Gasteiger partial charge in [0.1, 0.15) is 5.78 Å². The smallest absolute Gasteiger partial charge is 0.149 e. The first kappa shape index (κ1) is 7.63. The lowest BCUT2D eigenvalue weighted by atomic mass is 10.2. The molecule has 1 unspecified atom stereocenters. The molecule has 0 radical (unpaired) electrons. The zero-order valence-electron chi connectivity index (χ0n) is 5.69. The molecule has 8 heavy (non-hydrogen) atoms. The molecule has 0 spiro atoms. The number of hydrogen-bond donors (Lipinski definition) is 1. The number of carbonyl (C=O) groups excluding carboxylic acids is 1. The monoisotopic (exact) mass is 115 g/mol.